The summed E-state index contributed by atoms with van der Waals surface area (Å²) in [5.41, 5.74) is -0.474. The van der Waals surface area contributed by atoms with Crippen molar-refractivity contribution in [2.24, 2.45) is 5.92 Å². The first-order chi connectivity index (χ1) is 13.3. The van der Waals surface area contributed by atoms with Crippen LogP contribution in [0.25, 0.3) is 0 Å². The maximum atomic E-state index is 12.8. The number of anilines is 1. The molecule has 150 valence electrons. The lowest BCUT2D eigenvalue weighted by molar-refractivity contribution is -0.135. The minimum atomic E-state index is -0.887. The fraction of sp³-hybridized carbons (Fsp3) is 0.474. The molecule has 0 radical (unpaired) electrons. The molecule has 28 heavy (non-hydrogen) atoms. The van der Waals surface area contributed by atoms with Gasteiger partial charge in [0.2, 0.25) is 5.91 Å². The maximum Gasteiger partial charge on any atom is 0.339 e. The lowest BCUT2D eigenvalue weighted by Crippen LogP contribution is -2.49. The Bertz CT molecular complexity index is 833. The Labute approximate surface area is 167 Å². The first-order valence-electron chi connectivity index (χ1n) is 9.07. The molecule has 1 saturated carbocycles. The van der Waals surface area contributed by atoms with Crippen molar-refractivity contribution in [1.29, 1.82) is 0 Å². The normalized spacial score (nSPS) is 24.2. The zero-order valence-corrected chi connectivity index (χ0v) is 16.5. The molecule has 0 bridgehead atoms. The van der Waals surface area contributed by atoms with Crippen LogP contribution in [0.15, 0.2) is 18.2 Å². The highest BCUT2D eigenvalue weighted by Crippen LogP contribution is 2.36. The van der Waals surface area contributed by atoms with Gasteiger partial charge in [0, 0.05) is 5.69 Å². The average Bonchev–Trinajstić information content (AvgIpc) is 2.89. The third-order valence-electron chi connectivity index (χ3n) is 5.33. The number of rotatable bonds is 4. The number of nitrogens with one attached hydrogen (secondary N) is 2. The Balaban J connectivity index is 1.68. The number of nitrogens with zero attached hydrogens (tertiary/aromatic N) is 1. The minimum absolute atomic E-state index is 0.104. The van der Waals surface area contributed by atoms with Gasteiger partial charge in [0.25, 0.3) is 5.91 Å². The first-order valence-corrected chi connectivity index (χ1v) is 9.45. The van der Waals surface area contributed by atoms with E-state index >= 15 is 0 Å². The van der Waals surface area contributed by atoms with Crippen LogP contribution in [-0.4, -0.2) is 47.9 Å². The van der Waals surface area contributed by atoms with Crippen molar-refractivity contribution in [2.75, 3.05) is 19.0 Å². The predicted octanol–water partition coefficient (Wildman–Crippen LogP) is 2.57. The topological polar surface area (TPSA) is 105 Å². The lowest BCUT2D eigenvalue weighted by atomic mass is 9.77. The second kappa shape index (κ2) is 7.79. The fourth-order valence-corrected chi connectivity index (χ4v) is 3.82. The van der Waals surface area contributed by atoms with Crippen LogP contribution in [0.4, 0.5) is 10.5 Å². The standard InChI is InChI=1S/C19H22ClN3O5/c1-11-5-7-19(8-6-11)17(26)23(18(27)22-19)10-15(24)21-12-3-4-14(20)13(9-12)16(25)28-2/h3-4,9,11H,5-8,10H2,1-2H3,(H,21,24)(H,22,27). The van der Waals surface area contributed by atoms with Crippen molar-refractivity contribution >= 4 is 41.1 Å². The molecule has 0 atom stereocenters. The van der Waals surface area contributed by atoms with Crippen molar-refractivity contribution in [3.63, 3.8) is 0 Å². The summed E-state index contributed by atoms with van der Waals surface area (Å²) in [6.07, 6.45) is 2.87. The molecule has 1 heterocycles. The molecule has 4 amide bonds. The van der Waals surface area contributed by atoms with E-state index in [4.69, 9.17) is 11.6 Å². The summed E-state index contributed by atoms with van der Waals surface area (Å²) >= 11 is 5.96. The number of hydrogen-bond donors (Lipinski definition) is 2. The number of imide groups is 1. The van der Waals surface area contributed by atoms with Crippen molar-refractivity contribution < 1.29 is 23.9 Å². The third kappa shape index (κ3) is 3.82. The van der Waals surface area contributed by atoms with Crippen molar-refractivity contribution in [3.8, 4) is 0 Å². The van der Waals surface area contributed by atoms with Crippen molar-refractivity contribution in [1.82, 2.24) is 10.2 Å². The molecule has 1 aliphatic carbocycles. The largest absolute Gasteiger partial charge is 0.465 e. The number of ether oxygens (including phenoxy) is 1. The molecule has 1 aliphatic heterocycles. The SMILES string of the molecule is COC(=O)c1cc(NC(=O)CN2C(=O)NC3(CCC(C)CC3)C2=O)ccc1Cl. The van der Waals surface area contributed by atoms with E-state index < -0.39 is 30.0 Å². The summed E-state index contributed by atoms with van der Waals surface area (Å²) in [6, 6.07) is 3.79. The Morgan fingerprint density at radius 2 is 2.00 bits per heavy atom. The molecular weight excluding hydrogens is 386 g/mol. The number of carbonyl (C=O) groups excluding carboxylic acids is 4. The van der Waals surface area contributed by atoms with E-state index in [-0.39, 0.29) is 16.5 Å². The van der Waals surface area contributed by atoms with Crippen LogP contribution in [-0.2, 0) is 14.3 Å². The van der Waals surface area contributed by atoms with Gasteiger partial charge in [-0.1, -0.05) is 18.5 Å². The van der Waals surface area contributed by atoms with Gasteiger partial charge in [-0.15, -0.1) is 0 Å². The zero-order chi connectivity index (χ0) is 20.5. The highest BCUT2D eigenvalue weighted by molar-refractivity contribution is 6.33. The molecule has 9 heteroatoms. The quantitative estimate of drug-likeness (QED) is 0.589. The van der Waals surface area contributed by atoms with Gasteiger partial charge in [-0.3, -0.25) is 14.5 Å². The maximum absolute atomic E-state index is 12.8. The minimum Gasteiger partial charge on any atom is -0.465 e. The number of amides is 4. The van der Waals surface area contributed by atoms with Crippen LogP contribution in [0.5, 0.6) is 0 Å². The Morgan fingerprint density at radius 1 is 1.32 bits per heavy atom. The Hall–Kier alpha value is -2.61. The van der Waals surface area contributed by atoms with Crippen molar-refractivity contribution in [2.45, 2.75) is 38.1 Å². The average molecular weight is 408 g/mol. The molecule has 8 nitrogen and oxygen atoms in total. The summed E-state index contributed by atoms with van der Waals surface area (Å²) < 4.78 is 4.64. The predicted molar refractivity (Wildman–Crippen MR) is 102 cm³/mol. The van der Waals surface area contributed by atoms with E-state index in [1.165, 1.54) is 25.3 Å². The van der Waals surface area contributed by atoms with Crippen LogP contribution < -0.4 is 10.6 Å². The fourth-order valence-electron chi connectivity index (χ4n) is 3.63. The van der Waals surface area contributed by atoms with Gasteiger partial charge < -0.3 is 15.4 Å². The van der Waals surface area contributed by atoms with E-state index in [9.17, 15) is 19.2 Å². The summed E-state index contributed by atoms with van der Waals surface area (Å²) in [6.45, 7) is 1.71. The molecule has 0 unspecified atom stereocenters. The van der Waals surface area contributed by atoms with E-state index in [0.717, 1.165) is 17.7 Å². The Kier molecular flexibility index (Phi) is 5.60. The summed E-state index contributed by atoms with van der Waals surface area (Å²) in [4.78, 5) is 50.1. The van der Waals surface area contributed by atoms with Crippen molar-refractivity contribution in [3.05, 3.63) is 28.8 Å². The van der Waals surface area contributed by atoms with Crippen LogP contribution in [0.3, 0.4) is 0 Å². The van der Waals surface area contributed by atoms with Gasteiger partial charge in [0.05, 0.1) is 17.7 Å². The molecule has 3 rings (SSSR count). The summed E-state index contributed by atoms with van der Waals surface area (Å²) in [5.74, 6) is -1.03. The lowest BCUT2D eigenvalue weighted by Gasteiger charge is -2.33. The van der Waals surface area contributed by atoms with Crippen LogP contribution in [0, 0.1) is 5.92 Å². The van der Waals surface area contributed by atoms with Gasteiger partial charge in [-0.25, -0.2) is 9.59 Å². The van der Waals surface area contributed by atoms with Crippen LogP contribution >= 0.6 is 11.6 Å². The van der Waals surface area contributed by atoms with E-state index in [1.54, 1.807) is 0 Å². The number of esters is 1. The van der Waals surface area contributed by atoms with E-state index in [2.05, 4.69) is 22.3 Å². The summed E-state index contributed by atoms with van der Waals surface area (Å²) in [5, 5.41) is 5.54. The van der Waals surface area contributed by atoms with Crippen LogP contribution in [0.2, 0.25) is 5.02 Å². The second-order valence-electron chi connectivity index (χ2n) is 7.32. The number of urea groups is 1. The summed E-state index contributed by atoms with van der Waals surface area (Å²) in [7, 11) is 1.23. The second-order valence-corrected chi connectivity index (χ2v) is 7.73. The molecule has 1 aromatic carbocycles. The van der Waals surface area contributed by atoms with E-state index in [0.29, 0.717) is 24.4 Å². The smallest absolute Gasteiger partial charge is 0.339 e. The van der Waals surface area contributed by atoms with Gasteiger partial charge >= 0.3 is 12.0 Å². The van der Waals surface area contributed by atoms with E-state index in [1.807, 2.05) is 0 Å². The molecule has 2 N–H and O–H groups in total. The number of hydrogen-bond acceptors (Lipinski definition) is 5. The number of benzene rings is 1. The number of methoxy groups -OCH3 is 1. The molecular formula is C19H22ClN3O5. The zero-order valence-electron chi connectivity index (χ0n) is 15.7. The van der Waals surface area contributed by atoms with Gasteiger partial charge in [-0.2, -0.15) is 0 Å². The van der Waals surface area contributed by atoms with Gasteiger partial charge in [0.1, 0.15) is 12.1 Å². The Morgan fingerprint density at radius 3 is 2.64 bits per heavy atom. The first kappa shape index (κ1) is 20.1. The molecule has 1 spiro atoms. The van der Waals surface area contributed by atoms with Gasteiger partial charge in [0.15, 0.2) is 0 Å². The number of halogens is 1. The molecule has 2 fully saturated rings. The highest BCUT2D eigenvalue weighted by atomic mass is 35.5. The monoisotopic (exact) mass is 407 g/mol. The molecule has 1 saturated heterocycles. The molecule has 0 aromatic heterocycles. The molecule has 2 aliphatic rings. The number of carbonyl (C=O) groups is 4. The third-order valence-corrected chi connectivity index (χ3v) is 5.66. The van der Waals surface area contributed by atoms with Gasteiger partial charge in [-0.05, 0) is 49.8 Å². The highest BCUT2D eigenvalue weighted by Gasteiger charge is 2.52. The van der Waals surface area contributed by atoms with Crippen LogP contribution in [0.1, 0.15) is 43.0 Å². The molecule has 1 aromatic rings.